The van der Waals surface area contributed by atoms with Gasteiger partial charge >= 0.3 is 0 Å². The molecular weight excluding hydrogens is 276 g/mol. The molecule has 0 saturated carbocycles. The molecule has 1 aliphatic carbocycles. The van der Waals surface area contributed by atoms with Gasteiger partial charge < -0.3 is 15.1 Å². The first-order valence-electron chi connectivity index (χ1n) is 8.27. The molecule has 0 radical (unpaired) electrons. The zero-order valence-electron chi connectivity index (χ0n) is 12.8. The summed E-state index contributed by atoms with van der Waals surface area (Å²) in [6.45, 7) is 1.40. The van der Waals surface area contributed by atoms with Crippen molar-refractivity contribution in [2.45, 2.75) is 44.6 Å². The quantitative estimate of drug-likeness (QED) is 0.946. The van der Waals surface area contributed by atoms with E-state index in [4.69, 9.17) is 10.2 Å². The SMILES string of the molecule is NCC1CCCN1C(=O)Cc1coc2cc3c(cc12)CCC3. The fraction of sp³-hybridized carbons (Fsp3) is 0.500. The Bertz CT molecular complexity index is 719. The van der Waals surface area contributed by atoms with E-state index < -0.39 is 0 Å². The predicted octanol–water partition coefficient (Wildman–Crippen LogP) is 2.41. The summed E-state index contributed by atoms with van der Waals surface area (Å²) in [5, 5.41) is 1.11. The molecule has 2 heterocycles. The highest BCUT2D eigenvalue weighted by molar-refractivity contribution is 5.89. The van der Waals surface area contributed by atoms with E-state index >= 15 is 0 Å². The minimum atomic E-state index is 0.177. The van der Waals surface area contributed by atoms with Crippen LogP contribution in [-0.4, -0.2) is 29.9 Å². The third-order valence-corrected chi connectivity index (χ3v) is 5.18. The smallest absolute Gasteiger partial charge is 0.227 e. The fourth-order valence-electron chi connectivity index (χ4n) is 3.96. The van der Waals surface area contributed by atoms with Gasteiger partial charge in [0, 0.05) is 30.1 Å². The number of hydrogen-bond acceptors (Lipinski definition) is 3. The number of likely N-dealkylation sites (tertiary alicyclic amines) is 1. The average Bonchev–Trinajstić information content (AvgIpc) is 3.24. The van der Waals surface area contributed by atoms with Gasteiger partial charge in [-0.2, -0.15) is 0 Å². The Morgan fingerprint density at radius 2 is 2.09 bits per heavy atom. The molecule has 1 aliphatic heterocycles. The van der Waals surface area contributed by atoms with E-state index in [0.717, 1.165) is 48.8 Å². The molecule has 1 amide bonds. The summed E-state index contributed by atoms with van der Waals surface area (Å²) in [5.41, 5.74) is 10.5. The largest absolute Gasteiger partial charge is 0.464 e. The minimum Gasteiger partial charge on any atom is -0.464 e. The third-order valence-electron chi connectivity index (χ3n) is 5.18. The van der Waals surface area contributed by atoms with Crippen molar-refractivity contribution in [1.82, 2.24) is 4.90 Å². The Morgan fingerprint density at radius 3 is 2.91 bits per heavy atom. The van der Waals surface area contributed by atoms with Crippen LogP contribution in [0.5, 0.6) is 0 Å². The Morgan fingerprint density at radius 1 is 1.27 bits per heavy atom. The molecule has 4 nitrogen and oxygen atoms in total. The predicted molar refractivity (Wildman–Crippen MR) is 85.7 cm³/mol. The van der Waals surface area contributed by atoms with Gasteiger partial charge in [-0.05, 0) is 55.4 Å². The number of carbonyl (C=O) groups excluding carboxylic acids is 1. The van der Waals surface area contributed by atoms with Gasteiger partial charge in [-0.3, -0.25) is 4.79 Å². The standard InChI is InChI=1S/C18H22N2O2/c19-10-15-5-2-6-20(15)18(21)9-14-11-22-17-8-13-4-1-3-12(13)7-16(14)17/h7-8,11,15H,1-6,9-10,19H2. The second-order valence-electron chi connectivity index (χ2n) is 6.53. The highest BCUT2D eigenvalue weighted by Gasteiger charge is 2.28. The van der Waals surface area contributed by atoms with Crippen molar-refractivity contribution in [3.8, 4) is 0 Å². The molecule has 4 rings (SSSR count). The Hall–Kier alpha value is -1.81. The first kappa shape index (κ1) is 13.8. The van der Waals surface area contributed by atoms with Crippen molar-refractivity contribution >= 4 is 16.9 Å². The van der Waals surface area contributed by atoms with Gasteiger partial charge in [0.25, 0.3) is 0 Å². The van der Waals surface area contributed by atoms with Crippen LogP contribution in [0, 0.1) is 0 Å². The molecule has 2 aromatic rings. The molecule has 1 unspecified atom stereocenters. The van der Waals surface area contributed by atoms with E-state index in [1.807, 2.05) is 4.90 Å². The fourth-order valence-corrected chi connectivity index (χ4v) is 3.96. The van der Waals surface area contributed by atoms with E-state index in [0.29, 0.717) is 13.0 Å². The number of furan rings is 1. The molecule has 0 bridgehead atoms. The Kier molecular flexibility index (Phi) is 3.41. The summed E-state index contributed by atoms with van der Waals surface area (Å²) >= 11 is 0. The normalized spacial score (nSPS) is 20.8. The summed E-state index contributed by atoms with van der Waals surface area (Å²) in [5.74, 6) is 0.177. The van der Waals surface area contributed by atoms with Crippen LogP contribution < -0.4 is 5.73 Å². The van der Waals surface area contributed by atoms with Gasteiger partial charge in [0.15, 0.2) is 0 Å². The number of fused-ring (bicyclic) bond motifs is 2. The van der Waals surface area contributed by atoms with E-state index in [1.165, 1.54) is 17.5 Å². The lowest BCUT2D eigenvalue weighted by atomic mass is 10.0. The van der Waals surface area contributed by atoms with Crippen molar-refractivity contribution in [2.75, 3.05) is 13.1 Å². The van der Waals surface area contributed by atoms with Crippen molar-refractivity contribution in [1.29, 1.82) is 0 Å². The van der Waals surface area contributed by atoms with Gasteiger partial charge in [0.2, 0.25) is 5.91 Å². The molecule has 2 aliphatic rings. The Labute approximate surface area is 130 Å². The molecule has 1 aromatic carbocycles. The number of amides is 1. The van der Waals surface area contributed by atoms with Crippen LogP contribution in [0.3, 0.4) is 0 Å². The molecule has 1 atom stereocenters. The number of hydrogen-bond donors (Lipinski definition) is 1. The number of aryl methyl sites for hydroxylation is 2. The molecule has 1 fully saturated rings. The van der Waals surface area contributed by atoms with Gasteiger partial charge in [0.1, 0.15) is 5.58 Å². The van der Waals surface area contributed by atoms with Crippen LogP contribution in [0.2, 0.25) is 0 Å². The highest BCUT2D eigenvalue weighted by Crippen LogP contribution is 2.31. The monoisotopic (exact) mass is 298 g/mol. The number of rotatable bonds is 3. The van der Waals surface area contributed by atoms with Crippen molar-refractivity contribution in [3.63, 3.8) is 0 Å². The molecule has 1 saturated heterocycles. The van der Waals surface area contributed by atoms with Crippen LogP contribution >= 0.6 is 0 Å². The first-order valence-corrected chi connectivity index (χ1v) is 8.27. The third kappa shape index (κ3) is 2.22. The minimum absolute atomic E-state index is 0.177. The van der Waals surface area contributed by atoms with Crippen molar-refractivity contribution < 1.29 is 9.21 Å². The molecule has 0 spiro atoms. The molecule has 22 heavy (non-hydrogen) atoms. The van der Waals surface area contributed by atoms with Crippen LogP contribution in [0.4, 0.5) is 0 Å². The van der Waals surface area contributed by atoms with Crippen LogP contribution in [0.25, 0.3) is 11.0 Å². The summed E-state index contributed by atoms with van der Waals surface area (Å²) in [7, 11) is 0. The summed E-state index contributed by atoms with van der Waals surface area (Å²) in [4.78, 5) is 14.5. The van der Waals surface area contributed by atoms with Gasteiger partial charge in [-0.25, -0.2) is 0 Å². The second-order valence-corrected chi connectivity index (χ2v) is 6.53. The zero-order valence-corrected chi connectivity index (χ0v) is 12.8. The average molecular weight is 298 g/mol. The van der Waals surface area contributed by atoms with Gasteiger partial charge in [-0.1, -0.05) is 0 Å². The lowest BCUT2D eigenvalue weighted by molar-refractivity contribution is -0.131. The topological polar surface area (TPSA) is 59.5 Å². The lowest BCUT2D eigenvalue weighted by Crippen LogP contribution is -2.40. The molecule has 4 heteroatoms. The maximum absolute atomic E-state index is 12.6. The van der Waals surface area contributed by atoms with E-state index in [2.05, 4.69) is 12.1 Å². The first-order chi connectivity index (χ1) is 10.8. The van der Waals surface area contributed by atoms with E-state index in [9.17, 15) is 4.79 Å². The molecule has 116 valence electrons. The number of carbonyl (C=O) groups is 1. The summed E-state index contributed by atoms with van der Waals surface area (Å²) < 4.78 is 5.70. The maximum atomic E-state index is 12.6. The summed E-state index contributed by atoms with van der Waals surface area (Å²) in [6, 6.07) is 4.60. The van der Waals surface area contributed by atoms with Crippen LogP contribution in [0.1, 0.15) is 36.0 Å². The number of nitrogens with zero attached hydrogens (tertiary/aromatic N) is 1. The molecular formula is C18H22N2O2. The van der Waals surface area contributed by atoms with Gasteiger partial charge in [-0.15, -0.1) is 0 Å². The molecule has 2 N–H and O–H groups in total. The Balaban J connectivity index is 1.60. The highest BCUT2D eigenvalue weighted by atomic mass is 16.3. The van der Waals surface area contributed by atoms with Crippen molar-refractivity contribution in [3.05, 3.63) is 35.1 Å². The maximum Gasteiger partial charge on any atom is 0.227 e. The van der Waals surface area contributed by atoms with Crippen LogP contribution in [0.15, 0.2) is 22.8 Å². The second kappa shape index (κ2) is 5.43. The van der Waals surface area contributed by atoms with Crippen LogP contribution in [-0.2, 0) is 24.1 Å². The zero-order chi connectivity index (χ0) is 15.1. The van der Waals surface area contributed by atoms with Crippen molar-refractivity contribution in [2.24, 2.45) is 5.73 Å². The molecule has 1 aromatic heterocycles. The van der Waals surface area contributed by atoms with E-state index in [-0.39, 0.29) is 11.9 Å². The van der Waals surface area contributed by atoms with E-state index in [1.54, 1.807) is 6.26 Å². The summed E-state index contributed by atoms with van der Waals surface area (Å²) in [6.07, 6.45) is 7.78. The lowest BCUT2D eigenvalue weighted by Gasteiger charge is -2.23. The van der Waals surface area contributed by atoms with Gasteiger partial charge in [0.05, 0.1) is 12.7 Å². The number of nitrogens with two attached hydrogens (primary N) is 1. The number of benzene rings is 1.